The summed E-state index contributed by atoms with van der Waals surface area (Å²) in [5, 5.41) is 0. The van der Waals surface area contributed by atoms with Crippen molar-refractivity contribution in [2.24, 2.45) is 11.7 Å². The standard InChI is InChI=1S/C11H22N2O/c1-2-4-11(14)13-8-3-5-10(9-13)6-7-12/h10H,2-9,12H2,1H3. The number of nitrogens with two attached hydrogens (primary N) is 1. The van der Waals surface area contributed by atoms with Crippen LogP contribution in [-0.4, -0.2) is 30.4 Å². The summed E-state index contributed by atoms with van der Waals surface area (Å²) in [5.74, 6) is 0.976. The van der Waals surface area contributed by atoms with Gasteiger partial charge < -0.3 is 10.6 Å². The normalized spacial score (nSPS) is 22.4. The molecule has 0 aromatic carbocycles. The van der Waals surface area contributed by atoms with Crippen LogP contribution in [0.3, 0.4) is 0 Å². The van der Waals surface area contributed by atoms with E-state index < -0.39 is 0 Å². The Bertz CT molecular complexity index is 180. The number of hydrogen-bond acceptors (Lipinski definition) is 2. The van der Waals surface area contributed by atoms with Crippen LogP contribution < -0.4 is 5.73 Å². The molecular formula is C11H22N2O. The topological polar surface area (TPSA) is 46.3 Å². The number of amides is 1. The van der Waals surface area contributed by atoms with E-state index >= 15 is 0 Å². The second kappa shape index (κ2) is 6.02. The third kappa shape index (κ3) is 3.29. The highest BCUT2D eigenvalue weighted by molar-refractivity contribution is 5.76. The van der Waals surface area contributed by atoms with E-state index in [1.165, 1.54) is 6.42 Å². The van der Waals surface area contributed by atoms with Crippen LogP contribution in [-0.2, 0) is 4.79 Å². The Labute approximate surface area is 86.6 Å². The number of nitrogens with zero attached hydrogens (tertiary/aromatic N) is 1. The van der Waals surface area contributed by atoms with Crippen LogP contribution in [0.5, 0.6) is 0 Å². The van der Waals surface area contributed by atoms with Crippen molar-refractivity contribution >= 4 is 5.91 Å². The van der Waals surface area contributed by atoms with Crippen molar-refractivity contribution in [3.63, 3.8) is 0 Å². The quantitative estimate of drug-likeness (QED) is 0.741. The maximum Gasteiger partial charge on any atom is 0.222 e. The van der Waals surface area contributed by atoms with Gasteiger partial charge in [-0.05, 0) is 38.1 Å². The van der Waals surface area contributed by atoms with E-state index in [1.54, 1.807) is 0 Å². The molecule has 1 fully saturated rings. The highest BCUT2D eigenvalue weighted by atomic mass is 16.2. The minimum atomic E-state index is 0.328. The average molecular weight is 198 g/mol. The minimum absolute atomic E-state index is 0.328. The summed E-state index contributed by atoms with van der Waals surface area (Å²) in [6.07, 6.45) is 5.12. The van der Waals surface area contributed by atoms with E-state index in [2.05, 4.69) is 6.92 Å². The minimum Gasteiger partial charge on any atom is -0.342 e. The van der Waals surface area contributed by atoms with Crippen LogP contribution >= 0.6 is 0 Å². The lowest BCUT2D eigenvalue weighted by Gasteiger charge is -2.32. The SMILES string of the molecule is CCCC(=O)N1CCCC(CCN)C1. The van der Waals surface area contributed by atoms with Gasteiger partial charge in [0, 0.05) is 19.5 Å². The van der Waals surface area contributed by atoms with Gasteiger partial charge in [-0.3, -0.25) is 4.79 Å². The Hall–Kier alpha value is -0.570. The Morgan fingerprint density at radius 1 is 1.57 bits per heavy atom. The molecule has 1 amide bonds. The lowest BCUT2D eigenvalue weighted by atomic mass is 9.94. The molecule has 0 aromatic heterocycles. The lowest BCUT2D eigenvalue weighted by Crippen LogP contribution is -2.40. The number of hydrogen-bond donors (Lipinski definition) is 1. The summed E-state index contributed by atoms with van der Waals surface area (Å²) in [6, 6.07) is 0. The van der Waals surface area contributed by atoms with Crippen LogP contribution in [0.25, 0.3) is 0 Å². The number of piperidine rings is 1. The molecule has 1 aliphatic rings. The van der Waals surface area contributed by atoms with Crippen molar-refractivity contribution < 1.29 is 4.79 Å². The molecule has 1 saturated heterocycles. The monoisotopic (exact) mass is 198 g/mol. The molecule has 1 unspecified atom stereocenters. The molecule has 0 aromatic rings. The molecule has 2 N–H and O–H groups in total. The molecule has 1 rings (SSSR count). The highest BCUT2D eigenvalue weighted by Gasteiger charge is 2.22. The van der Waals surface area contributed by atoms with Gasteiger partial charge in [0.05, 0.1) is 0 Å². The van der Waals surface area contributed by atoms with Gasteiger partial charge in [0.15, 0.2) is 0 Å². The van der Waals surface area contributed by atoms with Crippen molar-refractivity contribution in [3.8, 4) is 0 Å². The van der Waals surface area contributed by atoms with Crippen molar-refractivity contribution in [2.45, 2.75) is 39.0 Å². The molecule has 3 heteroatoms. The van der Waals surface area contributed by atoms with E-state index in [1.807, 2.05) is 4.90 Å². The smallest absolute Gasteiger partial charge is 0.222 e. The molecule has 14 heavy (non-hydrogen) atoms. The van der Waals surface area contributed by atoms with Gasteiger partial charge in [-0.2, -0.15) is 0 Å². The summed E-state index contributed by atoms with van der Waals surface area (Å²) in [4.78, 5) is 13.7. The third-order valence-corrected chi connectivity index (χ3v) is 2.91. The molecule has 0 radical (unpaired) electrons. The molecule has 0 aliphatic carbocycles. The summed E-state index contributed by atoms with van der Waals surface area (Å²) >= 11 is 0. The van der Waals surface area contributed by atoms with Crippen molar-refractivity contribution in [1.82, 2.24) is 4.90 Å². The van der Waals surface area contributed by atoms with Gasteiger partial charge in [0.1, 0.15) is 0 Å². The van der Waals surface area contributed by atoms with Crippen molar-refractivity contribution in [3.05, 3.63) is 0 Å². The van der Waals surface area contributed by atoms with E-state index in [0.29, 0.717) is 18.2 Å². The molecule has 0 bridgehead atoms. The molecule has 1 heterocycles. The van der Waals surface area contributed by atoms with Crippen LogP contribution in [0.1, 0.15) is 39.0 Å². The third-order valence-electron chi connectivity index (χ3n) is 2.91. The fourth-order valence-corrected chi connectivity index (χ4v) is 2.13. The van der Waals surface area contributed by atoms with E-state index in [9.17, 15) is 4.79 Å². The Morgan fingerprint density at radius 3 is 3.00 bits per heavy atom. The number of carbonyl (C=O) groups is 1. The molecule has 1 atom stereocenters. The van der Waals surface area contributed by atoms with Gasteiger partial charge >= 0.3 is 0 Å². The highest BCUT2D eigenvalue weighted by Crippen LogP contribution is 2.19. The van der Waals surface area contributed by atoms with Gasteiger partial charge in [-0.15, -0.1) is 0 Å². The first-order valence-corrected chi connectivity index (χ1v) is 5.75. The number of likely N-dealkylation sites (tertiary alicyclic amines) is 1. The maximum atomic E-state index is 11.6. The van der Waals surface area contributed by atoms with Crippen molar-refractivity contribution in [2.75, 3.05) is 19.6 Å². The van der Waals surface area contributed by atoms with E-state index in [-0.39, 0.29) is 0 Å². The Kier molecular flexibility index (Phi) is 4.94. The molecule has 3 nitrogen and oxygen atoms in total. The first kappa shape index (κ1) is 11.5. The molecular weight excluding hydrogens is 176 g/mol. The summed E-state index contributed by atoms with van der Waals surface area (Å²) in [6.45, 7) is 4.70. The second-order valence-corrected chi connectivity index (χ2v) is 4.18. The fourth-order valence-electron chi connectivity index (χ4n) is 2.13. The maximum absolute atomic E-state index is 11.6. The predicted molar refractivity (Wildman–Crippen MR) is 57.9 cm³/mol. The average Bonchev–Trinajstić information content (AvgIpc) is 2.19. The zero-order chi connectivity index (χ0) is 10.4. The lowest BCUT2D eigenvalue weighted by molar-refractivity contribution is -0.133. The largest absolute Gasteiger partial charge is 0.342 e. The zero-order valence-electron chi connectivity index (χ0n) is 9.17. The summed E-state index contributed by atoms with van der Waals surface area (Å²) in [7, 11) is 0. The van der Waals surface area contributed by atoms with Crippen LogP contribution in [0.2, 0.25) is 0 Å². The van der Waals surface area contributed by atoms with Crippen molar-refractivity contribution in [1.29, 1.82) is 0 Å². The molecule has 82 valence electrons. The van der Waals surface area contributed by atoms with Crippen LogP contribution in [0.4, 0.5) is 0 Å². The van der Waals surface area contributed by atoms with Crippen LogP contribution in [0.15, 0.2) is 0 Å². The van der Waals surface area contributed by atoms with Gasteiger partial charge in [-0.25, -0.2) is 0 Å². The summed E-state index contributed by atoms with van der Waals surface area (Å²) in [5.41, 5.74) is 5.54. The van der Waals surface area contributed by atoms with E-state index in [0.717, 1.165) is 38.9 Å². The Morgan fingerprint density at radius 2 is 2.36 bits per heavy atom. The fraction of sp³-hybridized carbons (Fsp3) is 0.909. The van der Waals surface area contributed by atoms with Gasteiger partial charge in [0.2, 0.25) is 5.91 Å². The Balaban J connectivity index is 2.35. The first-order chi connectivity index (χ1) is 6.77. The number of rotatable bonds is 4. The predicted octanol–water partition coefficient (Wildman–Crippen LogP) is 1.37. The second-order valence-electron chi connectivity index (χ2n) is 4.18. The molecule has 0 spiro atoms. The van der Waals surface area contributed by atoms with Gasteiger partial charge in [0.25, 0.3) is 0 Å². The first-order valence-electron chi connectivity index (χ1n) is 5.75. The summed E-state index contributed by atoms with van der Waals surface area (Å²) < 4.78 is 0. The van der Waals surface area contributed by atoms with Crippen LogP contribution in [0, 0.1) is 5.92 Å². The molecule has 0 saturated carbocycles. The van der Waals surface area contributed by atoms with Gasteiger partial charge in [-0.1, -0.05) is 6.92 Å². The zero-order valence-corrected chi connectivity index (χ0v) is 9.17. The van der Waals surface area contributed by atoms with E-state index in [4.69, 9.17) is 5.73 Å². The molecule has 1 aliphatic heterocycles. The number of carbonyl (C=O) groups excluding carboxylic acids is 1.